The molecule has 6 heteroatoms. The number of anilines is 1. The van der Waals surface area contributed by atoms with E-state index in [2.05, 4.69) is 0 Å². The summed E-state index contributed by atoms with van der Waals surface area (Å²) in [6.07, 6.45) is -4.72. The number of rotatable bonds is 1. The highest BCUT2D eigenvalue weighted by Gasteiger charge is 2.34. The Balaban J connectivity index is 3.39. The van der Waals surface area contributed by atoms with Crippen LogP contribution in [0.1, 0.15) is 22.8 Å². The fourth-order valence-corrected chi connectivity index (χ4v) is 1.11. The molecule has 0 fully saturated rings. The lowest BCUT2D eigenvalue weighted by atomic mass is 10.1. The summed E-state index contributed by atoms with van der Waals surface area (Å²) in [4.78, 5) is 10.8. The molecule has 0 heterocycles. The van der Waals surface area contributed by atoms with Crippen molar-refractivity contribution in [3.05, 3.63) is 29.1 Å². The molecule has 1 aromatic carbocycles. The van der Waals surface area contributed by atoms with Crippen molar-refractivity contribution in [1.82, 2.24) is 0 Å². The van der Waals surface area contributed by atoms with E-state index in [4.69, 9.17) is 5.73 Å². The number of hydrogen-bond donors (Lipinski definition) is 1. The third-order valence-corrected chi connectivity index (χ3v) is 1.82. The monoisotopic (exact) mass is 221 g/mol. The number of Topliss-reactive ketones (excluding diaryl/α,β-unsaturated/α-hetero) is 1. The Bertz CT molecular complexity index is 411. The Morgan fingerprint density at radius 2 is 1.87 bits per heavy atom. The molecule has 82 valence electrons. The minimum atomic E-state index is -4.72. The summed E-state index contributed by atoms with van der Waals surface area (Å²) >= 11 is 0. The Morgan fingerprint density at radius 1 is 1.33 bits per heavy atom. The van der Waals surface area contributed by atoms with Crippen molar-refractivity contribution in [2.24, 2.45) is 0 Å². The number of halogens is 4. The van der Waals surface area contributed by atoms with Crippen molar-refractivity contribution >= 4 is 11.5 Å². The second-order valence-electron chi connectivity index (χ2n) is 2.97. The van der Waals surface area contributed by atoms with Gasteiger partial charge in [0.1, 0.15) is 5.82 Å². The first kappa shape index (κ1) is 11.5. The summed E-state index contributed by atoms with van der Waals surface area (Å²) in [5.41, 5.74) is 2.70. The van der Waals surface area contributed by atoms with Crippen molar-refractivity contribution in [2.45, 2.75) is 13.1 Å². The highest BCUT2D eigenvalue weighted by molar-refractivity contribution is 5.95. The van der Waals surface area contributed by atoms with E-state index in [1.165, 1.54) is 0 Å². The van der Waals surface area contributed by atoms with E-state index in [0.29, 0.717) is 6.07 Å². The highest BCUT2D eigenvalue weighted by atomic mass is 19.4. The van der Waals surface area contributed by atoms with Gasteiger partial charge in [-0.25, -0.2) is 4.39 Å². The Hall–Kier alpha value is -1.59. The average molecular weight is 221 g/mol. The van der Waals surface area contributed by atoms with Crippen LogP contribution >= 0.6 is 0 Å². The molecule has 0 aliphatic carbocycles. The van der Waals surface area contributed by atoms with Gasteiger partial charge >= 0.3 is 6.18 Å². The largest absolute Gasteiger partial charge is 0.418 e. The van der Waals surface area contributed by atoms with Gasteiger partial charge in [-0.1, -0.05) is 0 Å². The van der Waals surface area contributed by atoms with Gasteiger partial charge in [-0.2, -0.15) is 13.2 Å². The molecule has 2 N–H and O–H groups in total. The van der Waals surface area contributed by atoms with Crippen LogP contribution in [-0.2, 0) is 6.18 Å². The predicted octanol–water partition coefficient (Wildman–Crippen LogP) is 2.63. The molecule has 0 aliphatic heterocycles. The molecule has 2 nitrogen and oxygen atoms in total. The van der Waals surface area contributed by atoms with Gasteiger partial charge in [0, 0.05) is 5.69 Å². The van der Waals surface area contributed by atoms with Crippen LogP contribution in [0.25, 0.3) is 0 Å². The third kappa shape index (κ3) is 2.26. The van der Waals surface area contributed by atoms with Gasteiger partial charge in [0.15, 0.2) is 5.78 Å². The molecular weight excluding hydrogens is 214 g/mol. The van der Waals surface area contributed by atoms with E-state index in [9.17, 15) is 22.4 Å². The normalized spacial score (nSPS) is 11.5. The Labute approximate surface area is 82.7 Å². The van der Waals surface area contributed by atoms with Gasteiger partial charge in [-0.15, -0.1) is 0 Å². The standard InChI is InChI=1S/C9H7F4NO/c1-4(15)5-2-8(14)6(3-7(5)10)9(11,12)13/h2-3H,14H2,1H3. The minimum Gasteiger partial charge on any atom is -0.398 e. The quantitative estimate of drug-likeness (QED) is 0.450. The van der Waals surface area contributed by atoms with Gasteiger partial charge in [0.25, 0.3) is 0 Å². The molecule has 0 atom stereocenters. The fourth-order valence-electron chi connectivity index (χ4n) is 1.11. The van der Waals surface area contributed by atoms with E-state index in [-0.39, 0.29) is 6.07 Å². The van der Waals surface area contributed by atoms with Crippen LogP contribution in [0.15, 0.2) is 12.1 Å². The Morgan fingerprint density at radius 3 is 2.27 bits per heavy atom. The molecule has 0 spiro atoms. The maximum absolute atomic E-state index is 13.0. The molecular formula is C9H7F4NO. The third-order valence-electron chi connectivity index (χ3n) is 1.82. The maximum atomic E-state index is 13.0. The van der Waals surface area contributed by atoms with E-state index in [0.717, 1.165) is 6.92 Å². The van der Waals surface area contributed by atoms with E-state index < -0.39 is 34.6 Å². The van der Waals surface area contributed by atoms with Crippen LogP contribution in [-0.4, -0.2) is 5.78 Å². The van der Waals surface area contributed by atoms with Crippen molar-refractivity contribution in [2.75, 3.05) is 5.73 Å². The topological polar surface area (TPSA) is 43.1 Å². The second kappa shape index (κ2) is 3.52. The summed E-state index contributed by atoms with van der Waals surface area (Å²) in [5, 5.41) is 0. The molecule has 0 aliphatic rings. The lowest BCUT2D eigenvalue weighted by Crippen LogP contribution is -2.11. The highest BCUT2D eigenvalue weighted by Crippen LogP contribution is 2.34. The lowest BCUT2D eigenvalue weighted by molar-refractivity contribution is -0.137. The molecule has 1 aromatic rings. The number of carbonyl (C=O) groups excluding carboxylic acids is 1. The van der Waals surface area contributed by atoms with Gasteiger partial charge in [-0.05, 0) is 19.1 Å². The van der Waals surface area contributed by atoms with Crippen molar-refractivity contribution < 1.29 is 22.4 Å². The van der Waals surface area contributed by atoms with Gasteiger partial charge in [0.05, 0.1) is 11.1 Å². The predicted molar refractivity (Wildman–Crippen MR) is 45.8 cm³/mol. The maximum Gasteiger partial charge on any atom is 0.418 e. The summed E-state index contributed by atoms with van der Waals surface area (Å²) in [7, 11) is 0. The van der Waals surface area contributed by atoms with Crippen LogP contribution < -0.4 is 5.73 Å². The zero-order valence-electron chi connectivity index (χ0n) is 7.65. The summed E-state index contributed by atoms with van der Waals surface area (Å²) in [5.74, 6) is -1.89. The smallest absolute Gasteiger partial charge is 0.398 e. The van der Waals surface area contributed by atoms with Crippen LogP contribution in [0, 0.1) is 5.82 Å². The van der Waals surface area contributed by atoms with Gasteiger partial charge in [-0.3, -0.25) is 4.79 Å². The molecule has 0 saturated carbocycles. The van der Waals surface area contributed by atoms with Gasteiger partial charge < -0.3 is 5.73 Å². The number of alkyl halides is 3. The number of nitrogen functional groups attached to an aromatic ring is 1. The zero-order valence-corrected chi connectivity index (χ0v) is 7.65. The lowest BCUT2D eigenvalue weighted by Gasteiger charge is -2.11. The van der Waals surface area contributed by atoms with Crippen molar-refractivity contribution in [3.63, 3.8) is 0 Å². The van der Waals surface area contributed by atoms with Crippen molar-refractivity contribution in [3.8, 4) is 0 Å². The minimum absolute atomic E-state index is 0.228. The molecule has 0 unspecified atom stereocenters. The molecule has 0 radical (unpaired) electrons. The van der Waals surface area contributed by atoms with Crippen molar-refractivity contribution in [1.29, 1.82) is 0 Å². The van der Waals surface area contributed by atoms with Crippen LogP contribution in [0.5, 0.6) is 0 Å². The molecule has 0 aromatic heterocycles. The second-order valence-corrected chi connectivity index (χ2v) is 2.97. The SMILES string of the molecule is CC(=O)c1cc(N)c(C(F)(F)F)cc1F. The fraction of sp³-hybridized carbons (Fsp3) is 0.222. The summed E-state index contributed by atoms with van der Waals surface area (Å²) < 4.78 is 49.7. The molecule has 0 amide bonds. The number of carbonyl (C=O) groups is 1. The number of ketones is 1. The van der Waals surface area contributed by atoms with E-state index in [1.807, 2.05) is 0 Å². The molecule has 0 bridgehead atoms. The van der Waals surface area contributed by atoms with Gasteiger partial charge in [0.2, 0.25) is 0 Å². The van der Waals surface area contributed by atoms with E-state index >= 15 is 0 Å². The Kier molecular flexibility index (Phi) is 2.70. The van der Waals surface area contributed by atoms with Crippen LogP contribution in [0.3, 0.4) is 0 Å². The van der Waals surface area contributed by atoms with Crippen LogP contribution in [0.4, 0.5) is 23.2 Å². The summed E-state index contributed by atoms with van der Waals surface area (Å²) in [6, 6.07) is 0.923. The first-order valence-corrected chi connectivity index (χ1v) is 3.90. The molecule has 15 heavy (non-hydrogen) atoms. The number of nitrogens with two attached hydrogens (primary N) is 1. The zero-order chi connectivity index (χ0) is 11.8. The molecule has 0 saturated heterocycles. The van der Waals surface area contributed by atoms with E-state index in [1.54, 1.807) is 0 Å². The number of hydrogen-bond acceptors (Lipinski definition) is 2. The molecule has 1 rings (SSSR count). The van der Waals surface area contributed by atoms with Crippen LogP contribution in [0.2, 0.25) is 0 Å². The average Bonchev–Trinajstić information content (AvgIpc) is 2.06. The first-order chi connectivity index (χ1) is 6.73. The summed E-state index contributed by atoms with van der Waals surface area (Å²) in [6.45, 7) is 1.05. The number of benzene rings is 1. The first-order valence-electron chi connectivity index (χ1n) is 3.90.